The highest BCUT2D eigenvalue weighted by molar-refractivity contribution is 5.51. The number of halogens is 2. The normalized spacial score (nSPS) is 10.8. The number of unbranched alkanes of at least 4 members (excludes halogenated alkanes) is 1. The van der Waals surface area contributed by atoms with Crippen molar-refractivity contribution in [2.75, 3.05) is 18.5 Å². The molecule has 0 aliphatic carbocycles. The van der Waals surface area contributed by atoms with Gasteiger partial charge in [-0.15, -0.1) is 0 Å². The minimum Gasteiger partial charge on any atom is -0.380 e. The molecule has 0 fully saturated rings. The summed E-state index contributed by atoms with van der Waals surface area (Å²) in [6.45, 7) is 4.82. The number of non-ortho nitro benzene ring substituents is 1. The molecule has 0 bridgehead atoms. The van der Waals surface area contributed by atoms with Crippen LogP contribution in [0.1, 0.15) is 26.7 Å². The molecule has 5 nitrogen and oxygen atoms in total. The zero-order chi connectivity index (χ0) is 15.1. The van der Waals surface area contributed by atoms with Crippen molar-refractivity contribution in [3.05, 3.63) is 33.9 Å². The Bertz CT molecular complexity index is 444. The molecule has 0 unspecified atom stereocenters. The van der Waals surface area contributed by atoms with E-state index in [1.165, 1.54) is 0 Å². The topological polar surface area (TPSA) is 64.4 Å². The van der Waals surface area contributed by atoms with E-state index in [1.54, 1.807) is 0 Å². The number of nitro groups is 1. The van der Waals surface area contributed by atoms with Crippen LogP contribution in [0.3, 0.4) is 0 Å². The third-order valence-corrected chi connectivity index (χ3v) is 2.56. The number of hydrogen-bond acceptors (Lipinski definition) is 4. The van der Waals surface area contributed by atoms with Crippen molar-refractivity contribution in [1.82, 2.24) is 0 Å². The largest absolute Gasteiger partial charge is 0.380 e. The van der Waals surface area contributed by atoms with Gasteiger partial charge in [-0.3, -0.25) is 10.1 Å². The number of ether oxygens (including phenoxy) is 1. The lowest BCUT2D eigenvalue weighted by molar-refractivity contribution is -0.385. The monoisotopic (exact) mass is 288 g/mol. The molecule has 7 heteroatoms. The lowest BCUT2D eigenvalue weighted by Gasteiger charge is -2.10. The second-order valence-electron chi connectivity index (χ2n) is 4.59. The van der Waals surface area contributed by atoms with Crippen LogP contribution in [0.2, 0.25) is 0 Å². The van der Waals surface area contributed by atoms with Gasteiger partial charge >= 0.3 is 0 Å². The van der Waals surface area contributed by atoms with E-state index in [2.05, 4.69) is 5.32 Å². The smallest absolute Gasteiger partial charge is 0.275 e. The van der Waals surface area contributed by atoms with E-state index >= 15 is 0 Å². The SMILES string of the molecule is CC(C)OCCCCNc1c(F)cc([N+](=O)[O-])cc1F. The molecule has 0 spiro atoms. The fourth-order valence-corrected chi connectivity index (χ4v) is 1.59. The molecule has 0 amide bonds. The Morgan fingerprint density at radius 1 is 1.30 bits per heavy atom. The van der Waals surface area contributed by atoms with Crippen LogP contribution in [0, 0.1) is 21.7 Å². The van der Waals surface area contributed by atoms with Crippen molar-refractivity contribution >= 4 is 11.4 Å². The van der Waals surface area contributed by atoms with Gasteiger partial charge in [0.25, 0.3) is 5.69 Å². The molecule has 1 N–H and O–H groups in total. The van der Waals surface area contributed by atoms with Crippen LogP contribution in [0.25, 0.3) is 0 Å². The van der Waals surface area contributed by atoms with Gasteiger partial charge in [0.1, 0.15) is 5.69 Å². The summed E-state index contributed by atoms with van der Waals surface area (Å²) in [5.41, 5.74) is -0.934. The Labute approximate surface area is 116 Å². The van der Waals surface area contributed by atoms with Crippen molar-refractivity contribution in [2.45, 2.75) is 32.8 Å². The summed E-state index contributed by atoms with van der Waals surface area (Å²) in [5.74, 6) is -1.93. The van der Waals surface area contributed by atoms with Gasteiger partial charge in [0.05, 0.1) is 23.2 Å². The van der Waals surface area contributed by atoms with Crippen LogP contribution in [0.5, 0.6) is 0 Å². The number of benzene rings is 1. The molecule has 0 aliphatic heterocycles. The zero-order valence-corrected chi connectivity index (χ0v) is 11.5. The average molecular weight is 288 g/mol. The fourth-order valence-electron chi connectivity index (χ4n) is 1.59. The van der Waals surface area contributed by atoms with Crippen LogP contribution < -0.4 is 5.32 Å². The first-order valence-corrected chi connectivity index (χ1v) is 6.40. The number of anilines is 1. The quantitative estimate of drug-likeness (QED) is 0.452. The first kappa shape index (κ1) is 16.3. The van der Waals surface area contributed by atoms with Crippen LogP contribution in [0.4, 0.5) is 20.2 Å². The molecule has 0 saturated heterocycles. The number of hydrogen-bond donors (Lipinski definition) is 1. The summed E-state index contributed by atoms with van der Waals surface area (Å²) in [5, 5.41) is 13.0. The van der Waals surface area contributed by atoms with Crippen LogP contribution in [-0.2, 0) is 4.74 Å². The Morgan fingerprint density at radius 2 is 1.90 bits per heavy atom. The van der Waals surface area contributed by atoms with Crippen molar-refractivity contribution in [3.8, 4) is 0 Å². The maximum absolute atomic E-state index is 13.5. The highest BCUT2D eigenvalue weighted by Crippen LogP contribution is 2.24. The predicted molar refractivity (Wildman–Crippen MR) is 71.8 cm³/mol. The second kappa shape index (κ2) is 7.74. The van der Waals surface area contributed by atoms with Crippen molar-refractivity contribution in [2.24, 2.45) is 0 Å². The minimum absolute atomic E-state index is 0.160. The van der Waals surface area contributed by atoms with E-state index in [9.17, 15) is 18.9 Å². The summed E-state index contributed by atoms with van der Waals surface area (Å²) >= 11 is 0. The van der Waals surface area contributed by atoms with Crippen LogP contribution in [0.15, 0.2) is 12.1 Å². The summed E-state index contributed by atoms with van der Waals surface area (Å²) in [4.78, 5) is 9.61. The standard InChI is InChI=1S/C13H18F2N2O3/c1-9(2)20-6-4-3-5-16-13-11(14)7-10(17(18)19)8-12(13)15/h7-9,16H,3-6H2,1-2H3. The zero-order valence-electron chi connectivity index (χ0n) is 11.5. The summed E-state index contributed by atoms with van der Waals surface area (Å²) in [6, 6.07) is 1.40. The maximum Gasteiger partial charge on any atom is 0.275 e. The predicted octanol–water partition coefficient (Wildman–Crippen LogP) is 3.49. The van der Waals surface area contributed by atoms with Crippen LogP contribution in [-0.4, -0.2) is 24.2 Å². The molecular formula is C13H18F2N2O3. The summed E-state index contributed by atoms with van der Waals surface area (Å²) in [7, 11) is 0. The highest BCUT2D eigenvalue weighted by Gasteiger charge is 2.16. The van der Waals surface area contributed by atoms with E-state index in [-0.39, 0.29) is 11.8 Å². The Hall–Kier alpha value is -1.76. The lowest BCUT2D eigenvalue weighted by Crippen LogP contribution is -2.09. The van der Waals surface area contributed by atoms with Gasteiger partial charge in [0, 0.05) is 13.2 Å². The van der Waals surface area contributed by atoms with E-state index in [0.29, 0.717) is 31.7 Å². The van der Waals surface area contributed by atoms with Gasteiger partial charge in [0.2, 0.25) is 0 Å². The molecule has 1 aromatic carbocycles. The molecule has 20 heavy (non-hydrogen) atoms. The van der Waals surface area contributed by atoms with Crippen molar-refractivity contribution in [3.63, 3.8) is 0 Å². The summed E-state index contributed by atoms with van der Waals surface area (Å²) in [6.07, 6.45) is 1.61. The number of nitrogens with one attached hydrogen (secondary N) is 1. The average Bonchev–Trinajstić information content (AvgIpc) is 2.35. The maximum atomic E-state index is 13.5. The molecule has 0 aromatic heterocycles. The molecule has 0 atom stereocenters. The van der Waals surface area contributed by atoms with Crippen molar-refractivity contribution < 1.29 is 18.4 Å². The first-order chi connectivity index (χ1) is 9.41. The van der Waals surface area contributed by atoms with Gasteiger partial charge in [-0.25, -0.2) is 8.78 Å². The van der Waals surface area contributed by atoms with Crippen LogP contribution >= 0.6 is 0 Å². The third-order valence-electron chi connectivity index (χ3n) is 2.56. The fraction of sp³-hybridized carbons (Fsp3) is 0.538. The van der Waals surface area contributed by atoms with E-state index in [4.69, 9.17) is 4.74 Å². The molecular weight excluding hydrogens is 270 g/mol. The number of nitro benzene ring substituents is 1. The minimum atomic E-state index is -0.963. The van der Waals surface area contributed by atoms with Gasteiger partial charge < -0.3 is 10.1 Å². The van der Waals surface area contributed by atoms with Gasteiger partial charge in [0.15, 0.2) is 11.6 Å². The third kappa shape index (κ3) is 5.08. The number of rotatable bonds is 8. The molecule has 0 radical (unpaired) electrons. The Kier molecular flexibility index (Phi) is 6.30. The van der Waals surface area contributed by atoms with Crippen molar-refractivity contribution in [1.29, 1.82) is 0 Å². The molecule has 0 heterocycles. The Morgan fingerprint density at radius 3 is 2.40 bits per heavy atom. The van der Waals surface area contributed by atoms with Gasteiger partial charge in [-0.1, -0.05) is 0 Å². The number of nitrogens with zero attached hydrogens (tertiary/aromatic N) is 1. The highest BCUT2D eigenvalue weighted by atomic mass is 19.1. The van der Waals surface area contributed by atoms with Gasteiger partial charge in [-0.2, -0.15) is 0 Å². The lowest BCUT2D eigenvalue weighted by atomic mass is 10.2. The summed E-state index contributed by atoms with van der Waals surface area (Å²) < 4.78 is 32.4. The van der Waals surface area contributed by atoms with Gasteiger partial charge in [-0.05, 0) is 26.7 Å². The van der Waals surface area contributed by atoms with E-state index < -0.39 is 22.2 Å². The first-order valence-electron chi connectivity index (χ1n) is 6.40. The van der Waals surface area contributed by atoms with E-state index in [0.717, 1.165) is 6.42 Å². The Balaban J connectivity index is 2.46. The molecule has 0 saturated carbocycles. The van der Waals surface area contributed by atoms with E-state index in [1.807, 2.05) is 13.8 Å². The molecule has 1 rings (SSSR count). The molecule has 112 valence electrons. The molecule has 1 aromatic rings. The molecule has 0 aliphatic rings. The second-order valence-corrected chi connectivity index (χ2v) is 4.59.